The minimum absolute atomic E-state index is 0.0125. The molecule has 1 N–H and O–H groups in total. The lowest BCUT2D eigenvalue weighted by Crippen LogP contribution is -2.34. The van der Waals surface area contributed by atoms with Gasteiger partial charge in [0.1, 0.15) is 0 Å². The second kappa shape index (κ2) is 6.75. The van der Waals surface area contributed by atoms with Gasteiger partial charge in [-0.1, -0.05) is 0 Å². The number of sulfonamides is 1. The van der Waals surface area contributed by atoms with E-state index in [0.717, 1.165) is 3.57 Å². The van der Waals surface area contributed by atoms with Crippen LogP contribution in [0.5, 0.6) is 0 Å². The molecule has 0 amide bonds. The van der Waals surface area contributed by atoms with Crippen LogP contribution in [-0.4, -0.2) is 26.6 Å². The van der Waals surface area contributed by atoms with Crippen molar-refractivity contribution in [3.8, 4) is 0 Å². The third-order valence-electron chi connectivity index (χ3n) is 2.06. The quantitative estimate of drug-likeness (QED) is 0.474. The molecule has 1 aromatic rings. The van der Waals surface area contributed by atoms with Crippen molar-refractivity contribution >= 4 is 38.6 Å². The first-order valence-electron chi connectivity index (χ1n) is 6.15. The van der Waals surface area contributed by atoms with E-state index in [-0.39, 0.29) is 10.9 Å². The fraction of sp³-hybridized carbons (Fsp3) is 0.462. The van der Waals surface area contributed by atoms with Gasteiger partial charge in [0.15, 0.2) is 0 Å². The number of halogens is 1. The van der Waals surface area contributed by atoms with Crippen LogP contribution in [0.2, 0.25) is 0 Å². The van der Waals surface area contributed by atoms with Gasteiger partial charge in [0.2, 0.25) is 0 Å². The number of hydrogen-bond acceptors (Lipinski definition) is 4. The first kappa shape index (κ1) is 17.2. The molecule has 0 atom stereocenters. The number of benzene rings is 1. The van der Waals surface area contributed by atoms with Gasteiger partial charge in [-0.3, -0.25) is 0 Å². The van der Waals surface area contributed by atoms with Crippen LogP contribution in [0, 0.1) is 3.57 Å². The molecule has 0 unspecified atom stereocenters. The summed E-state index contributed by atoms with van der Waals surface area (Å²) in [7, 11) is -3.68. The van der Waals surface area contributed by atoms with Crippen molar-refractivity contribution in [3.05, 3.63) is 27.8 Å². The largest absolute Gasteiger partial charge is 0.465 e. The van der Waals surface area contributed by atoms with Crippen LogP contribution in [0.1, 0.15) is 27.7 Å². The standard InChI is InChI=1S/C13H19IN2O3S/c1-5-19-12(15-13(2,3)4)16-20(17,18)11-8-6-10(14)7-9-11/h6-9H,5H2,1-4H3,(H,15,16). The van der Waals surface area contributed by atoms with Gasteiger partial charge in [-0.15, -0.1) is 0 Å². The molecular formula is C13H19IN2O3S. The van der Waals surface area contributed by atoms with Crippen LogP contribution < -0.4 is 4.72 Å². The Kier molecular flexibility index (Phi) is 5.81. The van der Waals surface area contributed by atoms with Gasteiger partial charge in [-0.2, -0.15) is 0 Å². The Labute approximate surface area is 134 Å². The van der Waals surface area contributed by atoms with Crippen LogP contribution in [0.3, 0.4) is 0 Å². The molecule has 0 fully saturated rings. The van der Waals surface area contributed by atoms with Crippen LogP contribution in [0.15, 0.2) is 34.2 Å². The van der Waals surface area contributed by atoms with E-state index in [4.69, 9.17) is 4.74 Å². The maximum absolute atomic E-state index is 12.2. The SMILES string of the molecule is CCOC(=NC(C)(C)C)NS(=O)(=O)c1ccc(I)cc1. The highest BCUT2D eigenvalue weighted by atomic mass is 127. The predicted molar refractivity (Wildman–Crippen MR) is 88.3 cm³/mol. The third-order valence-corrected chi connectivity index (χ3v) is 4.12. The number of nitrogens with zero attached hydrogens (tertiary/aromatic N) is 1. The van der Waals surface area contributed by atoms with Gasteiger partial charge in [-0.05, 0) is 74.6 Å². The predicted octanol–water partition coefficient (Wildman–Crippen LogP) is 2.76. The summed E-state index contributed by atoms with van der Waals surface area (Å²) in [5, 5.41) is 0. The Bertz CT molecular complexity index is 575. The molecule has 0 heterocycles. The first-order chi connectivity index (χ1) is 9.14. The van der Waals surface area contributed by atoms with Crippen molar-refractivity contribution in [1.82, 2.24) is 4.72 Å². The number of hydrogen-bond donors (Lipinski definition) is 1. The molecule has 0 saturated carbocycles. The van der Waals surface area contributed by atoms with Gasteiger partial charge in [0.05, 0.1) is 17.0 Å². The van der Waals surface area contributed by atoms with E-state index >= 15 is 0 Å². The normalized spacial score (nSPS) is 13.2. The van der Waals surface area contributed by atoms with E-state index in [9.17, 15) is 8.42 Å². The molecule has 7 heteroatoms. The zero-order valence-electron chi connectivity index (χ0n) is 12.0. The lowest BCUT2D eigenvalue weighted by Gasteiger charge is -2.17. The van der Waals surface area contributed by atoms with Crippen LogP contribution in [-0.2, 0) is 14.8 Å². The van der Waals surface area contributed by atoms with Crippen molar-refractivity contribution in [2.45, 2.75) is 38.1 Å². The van der Waals surface area contributed by atoms with E-state index in [1.807, 2.05) is 20.8 Å². The van der Waals surface area contributed by atoms with Crippen molar-refractivity contribution in [3.63, 3.8) is 0 Å². The first-order valence-corrected chi connectivity index (χ1v) is 8.71. The van der Waals surface area contributed by atoms with Gasteiger partial charge in [0.25, 0.3) is 16.0 Å². The van der Waals surface area contributed by atoms with Gasteiger partial charge in [0, 0.05) is 3.57 Å². The lowest BCUT2D eigenvalue weighted by atomic mass is 10.1. The third kappa shape index (κ3) is 5.66. The van der Waals surface area contributed by atoms with E-state index in [2.05, 4.69) is 32.3 Å². The average molecular weight is 410 g/mol. The fourth-order valence-corrected chi connectivity index (χ4v) is 2.62. The highest BCUT2D eigenvalue weighted by Crippen LogP contribution is 2.13. The van der Waals surface area contributed by atoms with Crippen LogP contribution >= 0.6 is 22.6 Å². The van der Waals surface area contributed by atoms with Crippen LogP contribution in [0.25, 0.3) is 0 Å². The van der Waals surface area contributed by atoms with E-state index in [1.54, 1.807) is 31.2 Å². The Morgan fingerprint density at radius 2 is 1.85 bits per heavy atom. The molecule has 0 aliphatic rings. The van der Waals surface area contributed by atoms with Crippen molar-refractivity contribution in [1.29, 1.82) is 0 Å². The second-order valence-corrected chi connectivity index (χ2v) is 8.01. The highest BCUT2D eigenvalue weighted by Gasteiger charge is 2.19. The summed E-state index contributed by atoms with van der Waals surface area (Å²) in [5.41, 5.74) is -0.431. The fourth-order valence-electron chi connectivity index (χ4n) is 1.31. The zero-order chi connectivity index (χ0) is 15.4. The summed E-state index contributed by atoms with van der Waals surface area (Å²) in [4.78, 5) is 4.41. The Morgan fingerprint density at radius 3 is 2.30 bits per heavy atom. The topological polar surface area (TPSA) is 67.8 Å². The molecule has 0 aliphatic carbocycles. The van der Waals surface area contributed by atoms with Gasteiger partial charge in [-0.25, -0.2) is 18.1 Å². The number of aliphatic imine (C=N–C) groups is 1. The maximum atomic E-state index is 12.2. The molecule has 20 heavy (non-hydrogen) atoms. The molecule has 0 aliphatic heterocycles. The second-order valence-electron chi connectivity index (χ2n) is 5.08. The zero-order valence-corrected chi connectivity index (χ0v) is 14.9. The summed E-state index contributed by atoms with van der Waals surface area (Å²) in [6, 6.07) is 6.57. The van der Waals surface area contributed by atoms with Crippen molar-refractivity contribution in [2.75, 3.05) is 6.61 Å². The minimum atomic E-state index is -3.68. The van der Waals surface area contributed by atoms with Crippen molar-refractivity contribution in [2.24, 2.45) is 4.99 Å². The molecule has 1 rings (SSSR count). The molecule has 5 nitrogen and oxygen atoms in total. The Hall–Kier alpha value is -0.830. The van der Waals surface area contributed by atoms with E-state index < -0.39 is 15.6 Å². The molecule has 0 spiro atoms. The van der Waals surface area contributed by atoms with Crippen molar-refractivity contribution < 1.29 is 13.2 Å². The monoisotopic (exact) mass is 410 g/mol. The molecule has 0 saturated heterocycles. The summed E-state index contributed by atoms with van der Waals surface area (Å²) in [6.07, 6.45) is 0. The number of amidine groups is 1. The Balaban J connectivity index is 3.03. The lowest BCUT2D eigenvalue weighted by molar-refractivity contribution is 0.310. The highest BCUT2D eigenvalue weighted by molar-refractivity contribution is 14.1. The molecule has 0 bridgehead atoms. The number of ether oxygens (including phenoxy) is 1. The van der Waals surface area contributed by atoms with Crippen LogP contribution in [0.4, 0.5) is 0 Å². The number of nitrogens with one attached hydrogen (secondary N) is 1. The van der Waals surface area contributed by atoms with Gasteiger partial charge < -0.3 is 4.74 Å². The Morgan fingerprint density at radius 1 is 1.30 bits per heavy atom. The minimum Gasteiger partial charge on any atom is -0.465 e. The summed E-state index contributed by atoms with van der Waals surface area (Å²) in [5.74, 6) is 0. The molecule has 0 radical (unpaired) electrons. The van der Waals surface area contributed by atoms with Gasteiger partial charge >= 0.3 is 0 Å². The smallest absolute Gasteiger partial charge is 0.299 e. The summed E-state index contributed by atoms with van der Waals surface area (Å²) < 4.78 is 33.1. The molecule has 112 valence electrons. The molecular weight excluding hydrogens is 391 g/mol. The molecule has 1 aromatic carbocycles. The number of rotatable bonds is 3. The molecule has 0 aromatic heterocycles. The van der Waals surface area contributed by atoms with E-state index in [0.29, 0.717) is 6.61 Å². The maximum Gasteiger partial charge on any atom is 0.299 e. The van der Waals surface area contributed by atoms with E-state index in [1.165, 1.54) is 0 Å². The summed E-state index contributed by atoms with van der Waals surface area (Å²) >= 11 is 2.12. The average Bonchev–Trinajstić information content (AvgIpc) is 2.26. The summed E-state index contributed by atoms with van der Waals surface area (Å²) in [6.45, 7) is 7.71.